The van der Waals surface area contributed by atoms with Gasteiger partial charge < -0.3 is 19.2 Å². The largest absolute Gasteiger partial charge is 0.454 e. The van der Waals surface area contributed by atoms with Crippen LogP contribution < -0.4 is 14.8 Å². The van der Waals surface area contributed by atoms with Crippen LogP contribution in [-0.2, 0) is 17.8 Å². The van der Waals surface area contributed by atoms with E-state index in [1.165, 1.54) is 12.3 Å². The first kappa shape index (κ1) is 14.5. The van der Waals surface area contributed by atoms with E-state index in [2.05, 4.69) is 10.3 Å². The number of fused-ring (bicyclic) bond motifs is 2. The molecule has 6 nitrogen and oxygen atoms in total. The summed E-state index contributed by atoms with van der Waals surface area (Å²) in [6.07, 6.45) is 3.11. The highest BCUT2D eigenvalue weighted by molar-refractivity contribution is 5.78. The molecule has 0 aliphatic carbocycles. The number of benzene rings is 1. The van der Waals surface area contributed by atoms with Gasteiger partial charge in [-0.05, 0) is 29.8 Å². The average Bonchev–Trinajstić information content (AvgIpc) is 3.17. The van der Waals surface area contributed by atoms with Crippen molar-refractivity contribution in [2.45, 2.75) is 13.0 Å². The predicted octanol–water partition coefficient (Wildman–Crippen LogP) is 2.06. The van der Waals surface area contributed by atoms with E-state index >= 15 is 0 Å². The normalized spacial score (nSPS) is 12.5. The predicted molar refractivity (Wildman–Crippen MR) is 83.3 cm³/mol. The maximum absolute atomic E-state index is 13.2. The molecular formula is C17H14FN3O3. The van der Waals surface area contributed by atoms with E-state index in [1.54, 1.807) is 16.7 Å². The van der Waals surface area contributed by atoms with Gasteiger partial charge in [0.05, 0.1) is 12.1 Å². The zero-order chi connectivity index (χ0) is 16.5. The lowest BCUT2D eigenvalue weighted by atomic mass is 10.2. The van der Waals surface area contributed by atoms with Crippen molar-refractivity contribution in [2.24, 2.45) is 0 Å². The van der Waals surface area contributed by atoms with Crippen LogP contribution in [0.4, 0.5) is 4.39 Å². The molecule has 1 aliphatic rings. The number of halogens is 1. The second kappa shape index (κ2) is 5.84. The van der Waals surface area contributed by atoms with Crippen LogP contribution in [0.2, 0.25) is 0 Å². The minimum absolute atomic E-state index is 0.133. The SMILES string of the molecule is O=C(Cc1cn2cc(F)ccc2n1)NCc1ccc2c(c1)OCO2. The molecule has 2 aromatic heterocycles. The number of hydrogen-bond acceptors (Lipinski definition) is 4. The Bertz CT molecular complexity index is 923. The molecule has 3 aromatic rings. The second-order valence-corrected chi connectivity index (χ2v) is 5.49. The van der Waals surface area contributed by atoms with Gasteiger partial charge in [-0.1, -0.05) is 6.07 Å². The first-order valence-electron chi connectivity index (χ1n) is 7.46. The smallest absolute Gasteiger partial charge is 0.231 e. The molecule has 0 atom stereocenters. The summed E-state index contributed by atoms with van der Waals surface area (Å²) in [5.74, 6) is 0.890. The van der Waals surface area contributed by atoms with Crippen LogP contribution in [0, 0.1) is 5.82 Å². The molecule has 0 unspecified atom stereocenters. The third-order valence-electron chi connectivity index (χ3n) is 3.73. The third kappa shape index (κ3) is 2.88. The number of hydrogen-bond donors (Lipinski definition) is 1. The van der Waals surface area contributed by atoms with E-state index in [4.69, 9.17) is 9.47 Å². The zero-order valence-electron chi connectivity index (χ0n) is 12.7. The highest BCUT2D eigenvalue weighted by atomic mass is 19.1. The van der Waals surface area contributed by atoms with Crippen LogP contribution in [-0.4, -0.2) is 22.1 Å². The number of rotatable bonds is 4. The Morgan fingerprint density at radius 1 is 1.21 bits per heavy atom. The van der Waals surface area contributed by atoms with Gasteiger partial charge in [0.1, 0.15) is 11.5 Å². The lowest BCUT2D eigenvalue weighted by molar-refractivity contribution is -0.120. The Kier molecular flexibility index (Phi) is 3.53. The number of amides is 1. The number of nitrogens with one attached hydrogen (secondary N) is 1. The van der Waals surface area contributed by atoms with Crippen molar-refractivity contribution in [1.29, 1.82) is 0 Å². The number of carbonyl (C=O) groups is 1. The minimum Gasteiger partial charge on any atom is -0.454 e. The van der Waals surface area contributed by atoms with Gasteiger partial charge in [-0.25, -0.2) is 9.37 Å². The molecular weight excluding hydrogens is 313 g/mol. The van der Waals surface area contributed by atoms with E-state index in [0.717, 1.165) is 5.56 Å². The Labute approximate surface area is 136 Å². The Morgan fingerprint density at radius 2 is 2.08 bits per heavy atom. The lowest BCUT2D eigenvalue weighted by Gasteiger charge is -2.05. The standard InChI is InChI=1S/C17H14FN3O3/c18-12-2-4-16-20-13(9-21(16)8-12)6-17(22)19-7-11-1-3-14-15(5-11)24-10-23-14/h1-5,8-9H,6-7,10H2,(H,19,22). The van der Waals surface area contributed by atoms with Crippen molar-refractivity contribution in [1.82, 2.24) is 14.7 Å². The summed E-state index contributed by atoms with van der Waals surface area (Å²) < 4.78 is 25.3. The topological polar surface area (TPSA) is 64.9 Å². The number of aromatic nitrogens is 2. The average molecular weight is 327 g/mol. The fourth-order valence-corrected chi connectivity index (χ4v) is 2.58. The third-order valence-corrected chi connectivity index (χ3v) is 3.73. The quantitative estimate of drug-likeness (QED) is 0.797. The molecule has 0 saturated heterocycles. The second-order valence-electron chi connectivity index (χ2n) is 5.49. The van der Waals surface area contributed by atoms with Crippen LogP contribution in [0.5, 0.6) is 11.5 Å². The van der Waals surface area contributed by atoms with Crippen LogP contribution in [0.1, 0.15) is 11.3 Å². The van der Waals surface area contributed by atoms with Crippen LogP contribution in [0.25, 0.3) is 5.65 Å². The van der Waals surface area contributed by atoms with Crippen LogP contribution in [0.3, 0.4) is 0 Å². The summed E-state index contributed by atoms with van der Waals surface area (Å²) in [7, 11) is 0. The van der Waals surface area contributed by atoms with Gasteiger partial charge in [-0.15, -0.1) is 0 Å². The van der Waals surface area contributed by atoms with E-state index < -0.39 is 0 Å². The molecule has 1 aromatic carbocycles. The number of imidazole rings is 1. The van der Waals surface area contributed by atoms with Gasteiger partial charge in [-0.3, -0.25) is 4.79 Å². The van der Waals surface area contributed by atoms with E-state index in [0.29, 0.717) is 29.4 Å². The van der Waals surface area contributed by atoms with Crippen molar-refractivity contribution in [2.75, 3.05) is 6.79 Å². The fourth-order valence-electron chi connectivity index (χ4n) is 2.58. The van der Waals surface area contributed by atoms with Crippen LogP contribution >= 0.6 is 0 Å². The zero-order valence-corrected chi connectivity index (χ0v) is 12.7. The lowest BCUT2D eigenvalue weighted by Crippen LogP contribution is -2.24. The van der Waals surface area contributed by atoms with Crippen molar-refractivity contribution in [3.63, 3.8) is 0 Å². The molecule has 1 N–H and O–H groups in total. The van der Waals surface area contributed by atoms with E-state index in [1.807, 2.05) is 18.2 Å². The summed E-state index contributed by atoms with van der Waals surface area (Å²) in [6.45, 7) is 0.608. The highest BCUT2D eigenvalue weighted by Crippen LogP contribution is 2.32. The van der Waals surface area contributed by atoms with Gasteiger partial charge in [0.25, 0.3) is 0 Å². The molecule has 1 amide bonds. The molecule has 0 fully saturated rings. The van der Waals surface area contributed by atoms with Crippen molar-refractivity contribution in [3.8, 4) is 11.5 Å². The van der Waals surface area contributed by atoms with E-state index in [9.17, 15) is 9.18 Å². The first-order chi connectivity index (χ1) is 11.7. The van der Waals surface area contributed by atoms with E-state index in [-0.39, 0.29) is 24.9 Å². The Balaban J connectivity index is 1.39. The van der Waals surface area contributed by atoms with Crippen molar-refractivity contribution < 1.29 is 18.7 Å². The first-order valence-corrected chi connectivity index (χ1v) is 7.46. The van der Waals surface area contributed by atoms with Crippen LogP contribution in [0.15, 0.2) is 42.7 Å². The molecule has 0 radical (unpaired) electrons. The summed E-state index contributed by atoms with van der Waals surface area (Å²) >= 11 is 0. The number of carbonyl (C=O) groups excluding carboxylic acids is 1. The summed E-state index contributed by atoms with van der Waals surface area (Å²) in [5, 5.41) is 2.84. The molecule has 1 aliphatic heterocycles. The monoisotopic (exact) mass is 327 g/mol. The molecule has 7 heteroatoms. The molecule has 0 saturated carbocycles. The Hall–Kier alpha value is -3.09. The van der Waals surface area contributed by atoms with Crippen molar-refractivity contribution >= 4 is 11.6 Å². The fraction of sp³-hybridized carbons (Fsp3) is 0.176. The minimum atomic E-state index is -0.348. The molecule has 3 heterocycles. The van der Waals surface area contributed by atoms with Gasteiger partial charge in [0.15, 0.2) is 11.5 Å². The van der Waals surface area contributed by atoms with Gasteiger partial charge >= 0.3 is 0 Å². The van der Waals surface area contributed by atoms with Crippen molar-refractivity contribution in [3.05, 3.63) is 59.8 Å². The highest BCUT2D eigenvalue weighted by Gasteiger charge is 2.14. The summed E-state index contributed by atoms with van der Waals surface area (Å²) in [5.41, 5.74) is 2.11. The number of ether oxygens (including phenoxy) is 2. The summed E-state index contributed by atoms with van der Waals surface area (Å²) in [6, 6.07) is 8.45. The molecule has 122 valence electrons. The van der Waals surface area contributed by atoms with Gasteiger partial charge in [-0.2, -0.15) is 0 Å². The number of pyridine rings is 1. The molecule has 0 spiro atoms. The maximum atomic E-state index is 13.2. The molecule has 0 bridgehead atoms. The summed E-state index contributed by atoms with van der Waals surface area (Å²) in [4.78, 5) is 16.4. The molecule has 4 rings (SSSR count). The Morgan fingerprint density at radius 3 is 3.00 bits per heavy atom. The molecule has 24 heavy (non-hydrogen) atoms. The number of nitrogens with zero attached hydrogens (tertiary/aromatic N) is 2. The maximum Gasteiger partial charge on any atom is 0.231 e. The van der Waals surface area contributed by atoms with Gasteiger partial charge in [0.2, 0.25) is 12.7 Å². The van der Waals surface area contributed by atoms with Gasteiger partial charge in [0, 0.05) is 18.9 Å².